The van der Waals surface area contributed by atoms with Crippen LogP contribution in [0.25, 0.3) is 0 Å². The van der Waals surface area contributed by atoms with Crippen LogP contribution >= 0.6 is 0 Å². The Hall–Kier alpha value is -2.04. The Morgan fingerprint density at radius 1 is 0.512 bits per heavy atom. The smallest absolute Gasteiger partial charge is 0.254 e. The third kappa shape index (κ3) is 6.64. The van der Waals surface area contributed by atoms with E-state index in [0.717, 1.165) is 25.7 Å². The minimum atomic E-state index is 0.0902. The average molecular weight is 564 g/mol. The summed E-state index contributed by atoms with van der Waals surface area (Å²) in [5.41, 5.74) is 8.26. The lowest BCUT2D eigenvalue weighted by atomic mass is 9.79. The zero-order valence-corrected chi connectivity index (χ0v) is 26.5. The molecule has 4 aliphatic carbocycles. The van der Waals surface area contributed by atoms with Crippen molar-refractivity contribution in [2.45, 2.75) is 155 Å². The minimum Gasteiger partial charge on any atom is -0.399 e. The highest BCUT2D eigenvalue weighted by Gasteiger charge is 2.41. The standard InChI is InChI=1S/C36H57N3O2/c1-24-13-5-9-17-31(24)38(32-18-10-6-14-25(32)2)35(40)28-21-29(23-30(37)22-28)36(41)39(33-19-11-7-15-26(33)3)34-20-12-8-16-27(34)4/h21-27,31-34H,5-20,37H2,1-4H3. The maximum atomic E-state index is 14.6. The van der Waals surface area contributed by atoms with E-state index in [1.165, 1.54) is 77.0 Å². The van der Waals surface area contributed by atoms with Crippen LogP contribution in [-0.4, -0.2) is 45.8 Å². The highest BCUT2D eigenvalue weighted by atomic mass is 16.2. The summed E-state index contributed by atoms with van der Waals surface area (Å²) < 4.78 is 0. The van der Waals surface area contributed by atoms with Crippen molar-refractivity contribution in [2.24, 2.45) is 23.7 Å². The highest BCUT2D eigenvalue weighted by molar-refractivity contribution is 6.01. The van der Waals surface area contributed by atoms with E-state index >= 15 is 0 Å². The van der Waals surface area contributed by atoms with Gasteiger partial charge in [0.25, 0.3) is 11.8 Å². The lowest BCUT2D eigenvalue weighted by Gasteiger charge is -2.47. The quantitative estimate of drug-likeness (QED) is 0.353. The molecule has 5 heteroatoms. The van der Waals surface area contributed by atoms with E-state index < -0.39 is 0 Å². The summed E-state index contributed by atoms with van der Waals surface area (Å²) in [6, 6.07) is 6.65. The summed E-state index contributed by atoms with van der Waals surface area (Å²) in [6.45, 7) is 9.34. The Kier molecular flexibility index (Phi) is 10.0. The molecular formula is C36H57N3O2. The lowest BCUT2D eigenvalue weighted by Crippen LogP contribution is -2.54. The number of carbonyl (C=O) groups excluding carboxylic acids is 2. The van der Waals surface area contributed by atoms with E-state index in [1.54, 1.807) is 0 Å². The number of rotatable bonds is 6. The number of benzene rings is 1. The number of nitrogens with two attached hydrogens (primary N) is 1. The van der Waals surface area contributed by atoms with Crippen LogP contribution in [0.3, 0.4) is 0 Å². The van der Waals surface area contributed by atoms with Crippen LogP contribution in [0.4, 0.5) is 5.69 Å². The van der Waals surface area contributed by atoms with E-state index in [4.69, 9.17) is 5.73 Å². The molecule has 4 saturated carbocycles. The second-order valence-electron chi connectivity index (χ2n) is 14.6. The van der Waals surface area contributed by atoms with Gasteiger partial charge < -0.3 is 15.5 Å². The fourth-order valence-corrected chi connectivity index (χ4v) is 9.13. The van der Waals surface area contributed by atoms with Crippen molar-refractivity contribution in [1.82, 2.24) is 9.80 Å². The molecule has 0 saturated heterocycles. The van der Waals surface area contributed by atoms with Gasteiger partial charge in [-0.2, -0.15) is 0 Å². The summed E-state index contributed by atoms with van der Waals surface area (Å²) in [4.78, 5) is 33.7. The minimum absolute atomic E-state index is 0.0902. The molecular weight excluding hydrogens is 506 g/mol. The van der Waals surface area contributed by atoms with Gasteiger partial charge in [-0.3, -0.25) is 9.59 Å². The Balaban J connectivity index is 1.49. The Labute approximate surface area is 250 Å². The van der Waals surface area contributed by atoms with Crippen molar-refractivity contribution in [2.75, 3.05) is 5.73 Å². The van der Waals surface area contributed by atoms with Gasteiger partial charge in [-0.05, 0) is 93.2 Å². The summed E-state index contributed by atoms with van der Waals surface area (Å²) in [5.74, 6) is 2.18. The zero-order valence-electron chi connectivity index (χ0n) is 26.5. The predicted molar refractivity (Wildman–Crippen MR) is 169 cm³/mol. The van der Waals surface area contributed by atoms with E-state index in [1.807, 2.05) is 18.2 Å². The van der Waals surface area contributed by atoms with Gasteiger partial charge in [0.2, 0.25) is 0 Å². The molecule has 0 aromatic heterocycles. The number of amides is 2. The molecule has 0 heterocycles. The summed E-state index contributed by atoms with van der Waals surface area (Å²) >= 11 is 0. The topological polar surface area (TPSA) is 66.6 Å². The number of hydrogen-bond acceptors (Lipinski definition) is 3. The summed E-state index contributed by atoms with van der Waals surface area (Å²) in [6.07, 6.45) is 18.8. The average Bonchev–Trinajstić information content (AvgIpc) is 2.96. The van der Waals surface area contributed by atoms with Crippen molar-refractivity contribution in [1.29, 1.82) is 0 Å². The molecule has 5 nitrogen and oxygen atoms in total. The van der Waals surface area contributed by atoms with E-state index in [-0.39, 0.29) is 36.0 Å². The maximum Gasteiger partial charge on any atom is 0.254 e. The van der Waals surface area contributed by atoms with Gasteiger partial charge >= 0.3 is 0 Å². The van der Waals surface area contributed by atoms with Crippen LogP contribution in [0.2, 0.25) is 0 Å². The Bertz CT molecular complexity index is 933. The SMILES string of the molecule is CC1CCCCC1N(C(=O)c1cc(N)cc(C(=O)N(C2CCCCC2C)C2CCCCC2C)c1)C1CCCCC1C. The van der Waals surface area contributed by atoms with Gasteiger partial charge in [-0.15, -0.1) is 0 Å². The largest absolute Gasteiger partial charge is 0.399 e. The molecule has 8 atom stereocenters. The number of nitrogen functional groups attached to an aromatic ring is 1. The predicted octanol–water partition coefficient (Wildman–Crippen LogP) is 8.47. The normalized spacial score (nSPS) is 34.5. The molecule has 1 aromatic rings. The van der Waals surface area contributed by atoms with Crippen molar-refractivity contribution in [3.8, 4) is 0 Å². The molecule has 0 aliphatic heterocycles. The molecule has 41 heavy (non-hydrogen) atoms. The van der Waals surface area contributed by atoms with Crippen LogP contribution < -0.4 is 5.73 Å². The Morgan fingerprint density at radius 2 is 0.780 bits per heavy atom. The van der Waals surface area contributed by atoms with Crippen LogP contribution in [0.1, 0.15) is 151 Å². The first-order chi connectivity index (χ1) is 19.8. The van der Waals surface area contributed by atoms with Crippen LogP contribution in [0, 0.1) is 23.7 Å². The second kappa shape index (κ2) is 13.5. The van der Waals surface area contributed by atoms with E-state index in [2.05, 4.69) is 37.5 Å². The third-order valence-electron chi connectivity index (χ3n) is 11.6. The number of anilines is 1. The van der Waals surface area contributed by atoms with E-state index in [0.29, 0.717) is 40.5 Å². The Morgan fingerprint density at radius 3 is 1.05 bits per heavy atom. The first-order valence-corrected chi connectivity index (χ1v) is 17.3. The molecule has 228 valence electrons. The summed E-state index contributed by atoms with van der Waals surface area (Å²) in [7, 11) is 0. The summed E-state index contributed by atoms with van der Waals surface area (Å²) in [5, 5.41) is 0. The van der Waals surface area contributed by atoms with Gasteiger partial charge in [0, 0.05) is 41.0 Å². The highest BCUT2D eigenvalue weighted by Crippen LogP contribution is 2.39. The van der Waals surface area contributed by atoms with Crippen LogP contribution in [-0.2, 0) is 0 Å². The number of hydrogen-bond donors (Lipinski definition) is 1. The van der Waals surface area contributed by atoms with Gasteiger partial charge in [0.15, 0.2) is 0 Å². The fraction of sp³-hybridized carbons (Fsp3) is 0.778. The van der Waals surface area contributed by atoms with E-state index in [9.17, 15) is 9.59 Å². The first kappa shape index (κ1) is 30.4. The van der Waals surface area contributed by atoms with Crippen LogP contribution in [0.15, 0.2) is 18.2 Å². The van der Waals surface area contributed by atoms with Gasteiger partial charge in [0.05, 0.1) is 0 Å². The molecule has 2 amide bonds. The number of carbonyl (C=O) groups is 2. The maximum absolute atomic E-state index is 14.6. The van der Waals surface area contributed by atoms with Crippen molar-refractivity contribution < 1.29 is 9.59 Å². The molecule has 5 rings (SSSR count). The molecule has 4 aliphatic rings. The lowest BCUT2D eigenvalue weighted by molar-refractivity contribution is 0.0215. The van der Waals surface area contributed by atoms with Crippen molar-refractivity contribution >= 4 is 17.5 Å². The molecule has 0 spiro atoms. The molecule has 0 bridgehead atoms. The molecule has 4 fully saturated rings. The van der Waals surface area contributed by atoms with Crippen molar-refractivity contribution in [3.63, 3.8) is 0 Å². The van der Waals surface area contributed by atoms with Gasteiger partial charge in [-0.25, -0.2) is 0 Å². The monoisotopic (exact) mass is 563 g/mol. The van der Waals surface area contributed by atoms with Crippen LogP contribution in [0.5, 0.6) is 0 Å². The molecule has 2 N–H and O–H groups in total. The third-order valence-corrected chi connectivity index (χ3v) is 11.6. The molecule has 1 aromatic carbocycles. The van der Waals surface area contributed by atoms with Crippen molar-refractivity contribution in [3.05, 3.63) is 29.3 Å². The molecule has 0 radical (unpaired) electrons. The fourth-order valence-electron chi connectivity index (χ4n) is 9.13. The van der Waals surface area contributed by atoms with Gasteiger partial charge in [0.1, 0.15) is 0 Å². The molecule has 8 unspecified atom stereocenters. The van der Waals surface area contributed by atoms with Gasteiger partial charge in [-0.1, -0.05) is 79.1 Å². The zero-order chi connectivity index (χ0) is 29.1. The number of nitrogens with zero attached hydrogens (tertiary/aromatic N) is 2. The second-order valence-corrected chi connectivity index (χ2v) is 14.6. The first-order valence-electron chi connectivity index (χ1n) is 17.3.